The summed E-state index contributed by atoms with van der Waals surface area (Å²) in [4.78, 5) is 1.27. The van der Waals surface area contributed by atoms with E-state index in [4.69, 9.17) is 11.6 Å². The molecule has 0 saturated carbocycles. The van der Waals surface area contributed by atoms with E-state index in [1.165, 1.54) is 21.2 Å². The van der Waals surface area contributed by atoms with Gasteiger partial charge >= 0.3 is 0 Å². The number of halogens is 1. The SMILES string of the molecule is ClC1C=Cc2cc3ccccc3cc2S1. The Morgan fingerprint density at radius 3 is 2.60 bits per heavy atom. The van der Waals surface area contributed by atoms with Crippen molar-refractivity contribution >= 4 is 40.2 Å². The van der Waals surface area contributed by atoms with Crippen LogP contribution >= 0.6 is 23.4 Å². The Bertz CT molecular complexity index is 545. The zero-order valence-electron chi connectivity index (χ0n) is 7.98. The summed E-state index contributed by atoms with van der Waals surface area (Å²) in [5.74, 6) is 0. The van der Waals surface area contributed by atoms with Gasteiger partial charge in [0.05, 0.1) is 0 Å². The molecule has 0 saturated heterocycles. The summed E-state index contributed by atoms with van der Waals surface area (Å²) in [6.45, 7) is 0. The predicted octanol–water partition coefficient (Wildman–Crippen LogP) is 4.52. The lowest BCUT2D eigenvalue weighted by Gasteiger charge is -2.14. The Labute approximate surface area is 97.9 Å². The van der Waals surface area contributed by atoms with E-state index in [9.17, 15) is 0 Å². The van der Waals surface area contributed by atoms with Gasteiger partial charge in [0.25, 0.3) is 0 Å². The average Bonchev–Trinajstić information content (AvgIpc) is 2.26. The second-order valence-electron chi connectivity index (χ2n) is 3.57. The Balaban J connectivity index is 2.26. The fourth-order valence-corrected chi connectivity index (χ4v) is 3.03. The molecule has 1 aliphatic rings. The number of thioether (sulfide) groups is 1. The van der Waals surface area contributed by atoms with E-state index in [0.717, 1.165) is 0 Å². The zero-order chi connectivity index (χ0) is 10.3. The van der Waals surface area contributed by atoms with Crippen molar-refractivity contribution in [2.24, 2.45) is 0 Å². The Morgan fingerprint density at radius 1 is 1.07 bits per heavy atom. The van der Waals surface area contributed by atoms with Crippen LogP contribution in [0.1, 0.15) is 5.56 Å². The van der Waals surface area contributed by atoms with Crippen LogP contribution in [0.5, 0.6) is 0 Å². The highest BCUT2D eigenvalue weighted by molar-refractivity contribution is 8.01. The predicted molar refractivity (Wildman–Crippen MR) is 68.5 cm³/mol. The fraction of sp³-hybridized carbons (Fsp3) is 0.0769. The summed E-state index contributed by atoms with van der Waals surface area (Å²) in [6, 6.07) is 12.8. The van der Waals surface area contributed by atoms with Crippen molar-refractivity contribution in [1.82, 2.24) is 0 Å². The monoisotopic (exact) mass is 232 g/mol. The lowest BCUT2D eigenvalue weighted by molar-refractivity contribution is 1.41. The van der Waals surface area contributed by atoms with Crippen molar-refractivity contribution in [3.05, 3.63) is 48.0 Å². The van der Waals surface area contributed by atoms with Crippen molar-refractivity contribution in [1.29, 1.82) is 0 Å². The minimum Gasteiger partial charge on any atom is -0.106 e. The van der Waals surface area contributed by atoms with Gasteiger partial charge in [0.1, 0.15) is 4.71 Å². The number of fused-ring (bicyclic) bond motifs is 2. The smallest absolute Gasteiger partial charge is 0.102 e. The maximum atomic E-state index is 6.07. The van der Waals surface area contributed by atoms with E-state index >= 15 is 0 Å². The van der Waals surface area contributed by atoms with Gasteiger partial charge in [0.15, 0.2) is 0 Å². The molecule has 0 amide bonds. The fourth-order valence-electron chi connectivity index (χ4n) is 1.81. The minimum atomic E-state index is 0.0682. The van der Waals surface area contributed by atoms with Gasteiger partial charge in [-0.1, -0.05) is 36.4 Å². The number of benzene rings is 2. The van der Waals surface area contributed by atoms with Crippen LogP contribution in [0.2, 0.25) is 0 Å². The van der Waals surface area contributed by atoms with Crippen LogP contribution in [0.25, 0.3) is 16.8 Å². The normalized spacial score (nSPS) is 19.1. The maximum absolute atomic E-state index is 6.07. The quantitative estimate of drug-likeness (QED) is 0.602. The molecule has 0 N–H and O–H groups in total. The second kappa shape index (κ2) is 3.58. The van der Waals surface area contributed by atoms with E-state index in [2.05, 4.69) is 42.5 Å². The highest BCUT2D eigenvalue weighted by Gasteiger charge is 2.12. The van der Waals surface area contributed by atoms with Gasteiger partial charge in [0.2, 0.25) is 0 Å². The van der Waals surface area contributed by atoms with Gasteiger partial charge in [-0.2, -0.15) is 0 Å². The summed E-state index contributed by atoms with van der Waals surface area (Å²) in [6.07, 6.45) is 4.14. The zero-order valence-corrected chi connectivity index (χ0v) is 9.55. The first-order chi connectivity index (χ1) is 7.33. The van der Waals surface area contributed by atoms with Gasteiger partial charge in [-0.15, -0.1) is 23.4 Å². The Hall–Kier alpha value is -0.920. The molecular formula is C13H9ClS. The average molecular weight is 233 g/mol. The first-order valence-electron chi connectivity index (χ1n) is 4.85. The molecule has 0 aliphatic carbocycles. The summed E-state index contributed by atoms with van der Waals surface area (Å²) in [5.41, 5.74) is 1.27. The van der Waals surface area contributed by atoms with Crippen LogP contribution in [0.4, 0.5) is 0 Å². The first-order valence-corrected chi connectivity index (χ1v) is 6.16. The molecule has 1 aliphatic heterocycles. The van der Waals surface area contributed by atoms with Crippen molar-refractivity contribution < 1.29 is 0 Å². The number of alkyl halides is 1. The molecule has 15 heavy (non-hydrogen) atoms. The molecule has 0 bridgehead atoms. The molecule has 2 aromatic rings. The lowest BCUT2D eigenvalue weighted by atomic mass is 10.1. The van der Waals surface area contributed by atoms with Crippen LogP contribution in [-0.2, 0) is 0 Å². The maximum Gasteiger partial charge on any atom is 0.102 e. The third kappa shape index (κ3) is 1.66. The molecule has 2 heteroatoms. The molecule has 74 valence electrons. The van der Waals surface area contributed by atoms with Crippen LogP contribution in [0.15, 0.2) is 47.4 Å². The summed E-state index contributed by atoms with van der Waals surface area (Å²) in [5, 5.41) is 2.57. The molecule has 1 heterocycles. The largest absolute Gasteiger partial charge is 0.106 e. The highest BCUT2D eigenvalue weighted by Crippen LogP contribution is 2.37. The molecular weight excluding hydrogens is 224 g/mol. The van der Waals surface area contributed by atoms with Crippen LogP contribution in [0, 0.1) is 0 Å². The van der Waals surface area contributed by atoms with E-state index in [0.29, 0.717) is 0 Å². The van der Waals surface area contributed by atoms with E-state index < -0.39 is 0 Å². The van der Waals surface area contributed by atoms with Crippen molar-refractivity contribution in [3.8, 4) is 0 Å². The van der Waals surface area contributed by atoms with E-state index in [1.807, 2.05) is 6.08 Å². The summed E-state index contributed by atoms with van der Waals surface area (Å²) >= 11 is 7.78. The molecule has 1 unspecified atom stereocenters. The molecule has 0 fully saturated rings. The molecule has 0 nitrogen and oxygen atoms in total. The van der Waals surface area contributed by atoms with Crippen LogP contribution in [0.3, 0.4) is 0 Å². The van der Waals surface area contributed by atoms with E-state index in [-0.39, 0.29) is 4.71 Å². The molecule has 0 aromatic heterocycles. The molecule has 2 aromatic carbocycles. The van der Waals surface area contributed by atoms with Crippen molar-refractivity contribution in [3.63, 3.8) is 0 Å². The van der Waals surface area contributed by atoms with Gasteiger partial charge in [-0.05, 0) is 28.5 Å². The number of rotatable bonds is 0. The topological polar surface area (TPSA) is 0 Å². The second-order valence-corrected chi connectivity index (χ2v) is 5.48. The summed E-state index contributed by atoms with van der Waals surface area (Å²) in [7, 11) is 0. The van der Waals surface area contributed by atoms with Gasteiger partial charge in [-0.25, -0.2) is 0 Å². The van der Waals surface area contributed by atoms with Gasteiger partial charge in [0, 0.05) is 4.90 Å². The number of hydrogen-bond acceptors (Lipinski definition) is 1. The van der Waals surface area contributed by atoms with Crippen LogP contribution in [-0.4, -0.2) is 4.71 Å². The standard InChI is InChI=1S/C13H9ClS/c14-13-6-5-11-7-9-3-1-2-4-10(9)8-12(11)15-13/h1-8,13H. The van der Waals surface area contributed by atoms with E-state index in [1.54, 1.807) is 11.8 Å². The molecule has 1 atom stereocenters. The molecule has 0 spiro atoms. The van der Waals surface area contributed by atoms with Gasteiger partial charge in [-0.3, -0.25) is 0 Å². The minimum absolute atomic E-state index is 0.0682. The van der Waals surface area contributed by atoms with Crippen molar-refractivity contribution in [2.75, 3.05) is 0 Å². The molecule has 3 rings (SSSR count). The first kappa shape index (κ1) is 9.32. The third-order valence-electron chi connectivity index (χ3n) is 2.54. The third-order valence-corrected chi connectivity index (χ3v) is 3.95. The highest BCUT2D eigenvalue weighted by atomic mass is 35.5. The van der Waals surface area contributed by atoms with Gasteiger partial charge < -0.3 is 0 Å². The summed E-state index contributed by atoms with van der Waals surface area (Å²) < 4.78 is 0.0682. The van der Waals surface area contributed by atoms with Crippen molar-refractivity contribution in [2.45, 2.75) is 9.60 Å². The Kier molecular flexibility index (Phi) is 2.23. The number of hydrogen-bond donors (Lipinski definition) is 0. The van der Waals surface area contributed by atoms with Crippen LogP contribution < -0.4 is 0 Å². The molecule has 0 radical (unpaired) electrons. The Morgan fingerprint density at radius 2 is 1.80 bits per heavy atom. The lowest BCUT2D eigenvalue weighted by Crippen LogP contribution is -1.94.